The third kappa shape index (κ3) is 3.43. The van der Waals surface area contributed by atoms with Gasteiger partial charge in [-0.25, -0.2) is 0 Å². The third-order valence-corrected chi connectivity index (χ3v) is 4.28. The molecule has 1 amide bonds. The number of likely N-dealkylation sites (N-methyl/N-ethyl adjacent to an activating group) is 1. The minimum atomic E-state index is -0.798. The number of primary amides is 1. The third-order valence-electron chi connectivity index (χ3n) is 4.28. The molecule has 0 aromatic heterocycles. The van der Waals surface area contributed by atoms with Crippen LogP contribution >= 0.6 is 0 Å². The lowest BCUT2D eigenvalue weighted by Gasteiger charge is -2.26. The molecular formula is C13H25N3O2. The molecule has 2 rings (SSSR count). The van der Waals surface area contributed by atoms with E-state index < -0.39 is 5.54 Å². The fourth-order valence-electron chi connectivity index (χ4n) is 2.57. The molecule has 2 saturated carbocycles. The van der Waals surface area contributed by atoms with Crippen LogP contribution < -0.4 is 11.5 Å². The van der Waals surface area contributed by atoms with Crippen molar-refractivity contribution in [1.29, 1.82) is 0 Å². The van der Waals surface area contributed by atoms with E-state index in [0.717, 1.165) is 32.1 Å². The Bertz CT molecular complexity index is 307. The second-order valence-corrected chi connectivity index (χ2v) is 5.92. The van der Waals surface area contributed by atoms with Crippen LogP contribution in [0.4, 0.5) is 0 Å². The second-order valence-electron chi connectivity index (χ2n) is 5.92. The largest absolute Gasteiger partial charge is 0.380 e. The summed E-state index contributed by atoms with van der Waals surface area (Å²) >= 11 is 0. The van der Waals surface area contributed by atoms with Crippen molar-refractivity contribution >= 4 is 5.91 Å². The molecule has 4 N–H and O–H groups in total. The molecule has 5 heteroatoms. The van der Waals surface area contributed by atoms with E-state index in [2.05, 4.69) is 11.9 Å². The standard InChI is InChI=1S/C13H25N3O2/c1-16(6-7-18-9-10-2-3-10)11-4-5-13(15,8-11)12(14)17/h10-11H,2-9,15H2,1H3,(H2,14,17). The van der Waals surface area contributed by atoms with Gasteiger partial charge in [0.05, 0.1) is 12.1 Å². The first-order valence-electron chi connectivity index (χ1n) is 6.88. The molecule has 0 aromatic carbocycles. The van der Waals surface area contributed by atoms with E-state index in [1.807, 2.05) is 0 Å². The Morgan fingerprint density at radius 1 is 1.44 bits per heavy atom. The van der Waals surface area contributed by atoms with Gasteiger partial charge in [-0.2, -0.15) is 0 Å². The predicted molar refractivity (Wildman–Crippen MR) is 69.9 cm³/mol. The fraction of sp³-hybridized carbons (Fsp3) is 0.923. The summed E-state index contributed by atoms with van der Waals surface area (Å²) in [6, 6.07) is 0.354. The molecule has 0 radical (unpaired) electrons. The minimum absolute atomic E-state index is 0.354. The van der Waals surface area contributed by atoms with Gasteiger partial charge in [0.2, 0.25) is 5.91 Å². The first-order valence-corrected chi connectivity index (χ1v) is 6.88. The summed E-state index contributed by atoms with van der Waals surface area (Å²) < 4.78 is 5.62. The molecule has 2 atom stereocenters. The molecule has 2 aliphatic carbocycles. The van der Waals surface area contributed by atoms with Crippen LogP contribution in [0.25, 0.3) is 0 Å². The van der Waals surface area contributed by atoms with Gasteiger partial charge in [0.15, 0.2) is 0 Å². The van der Waals surface area contributed by atoms with Gasteiger partial charge >= 0.3 is 0 Å². The number of rotatable bonds is 7. The lowest BCUT2D eigenvalue weighted by atomic mass is 9.98. The Kier molecular flexibility index (Phi) is 4.25. The maximum Gasteiger partial charge on any atom is 0.237 e. The summed E-state index contributed by atoms with van der Waals surface area (Å²) in [6.07, 6.45) is 4.96. The van der Waals surface area contributed by atoms with Crippen LogP contribution in [0.2, 0.25) is 0 Å². The number of nitrogens with zero attached hydrogens (tertiary/aromatic N) is 1. The Balaban J connectivity index is 1.66. The van der Waals surface area contributed by atoms with Crippen LogP contribution in [0.3, 0.4) is 0 Å². The summed E-state index contributed by atoms with van der Waals surface area (Å²) in [5.74, 6) is 0.441. The zero-order chi connectivity index (χ0) is 13.2. The average Bonchev–Trinajstić information content (AvgIpc) is 3.06. The normalized spacial score (nSPS) is 32.1. The average molecular weight is 255 g/mol. The van der Waals surface area contributed by atoms with E-state index in [9.17, 15) is 4.79 Å². The predicted octanol–water partition coefficient (Wildman–Crippen LogP) is 0.0801. The molecule has 0 spiro atoms. The van der Waals surface area contributed by atoms with Crippen molar-refractivity contribution < 1.29 is 9.53 Å². The summed E-state index contributed by atoms with van der Waals surface area (Å²) in [4.78, 5) is 13.5. The number of hydrogen-bond acceptors (Lipinski definition) is 4. The number of carbonyl (C=O) groups excluding carboxylic acids is 1. The van der Waals surface area contributed by atoms with Gasteiger partial charge in [-0.05, 0) is 45.1 Å². The number of ether oxygens (including phenoxy) is 1. The molecule has 18 heavy (non-hydrogen) atoms. The van der Waals surface area contributed by atoms with Crippen molar-refractivity contribution in [3.8, 4) is 0 Å². The summed E-state index contributed by atoms with van der Waals surface area (Å²) in [5, 5.41) is 0. The summed E-state index contributed by atoms with van der Waals surface area (Å²) in [5.41, 5.74) is 10.6. The SMILES string of the molecule is CN(CCOCC1CC1)C1CCC(N)(C(N)=O)C1. The molecule has 2 unspecified atom stereocenters. The number of hydrogen-bond donors (Lipinski definition) is 2. The Hall–Kier alpha value is -0.650. The van der Waals surface area contributed by atoms with E-state index >= 15 is 0 Å². The van der Waals surface area contributed by atoms with Crippen LogP contribution in [-0.2, 0) is 9.53 Å². The molecular weight excluding hydrogens is 230 g/mol. The Morgan fingerprint density at radius 2 is 2.17 bits per heavy atom. The molecule has 2 aliphatic rings. The number of nitrogens with two attached hydrogens (primary N) is 2. The first-order chi connectivity index (χ1) is 8.51. The van der Waals surface area contributed by atoms with E-state index in [1.165, 1.54) is 12.8 Å². The van der Waals surface area contributed by atoms with Crippen LogP contribution in [-0.4, -0.2) is 49.2 Å². The van der Waals surface area contributed by atoms with Crippen molar-refractivity contribution in [2.45, 2.75) is 43.7 Å². The fourth-order valence-corrected chi connectivity index (χ4v) is 2.57. The summed E-state index contributed by atoms with van der Waals surface area (Å²) in [7, 11) is 2.07. The van der Waals surface area contributed by atoms with Crippen molar-refractivity contribution in [1.82, 2.24) is 4.90 Å². The van der Waals surface area contributed by atoms with E-state index in [-0.39, 0.29) is 5.91 Å². The van der Waals surface area contributed by atoms with Crippen LogP contribution in [0.15, 0.2) is 0 Å². The van der Waals surface area contributed by atoms with Crippen molar-refractivity contribution in [2.75, 3.05) is 26.8 Å². The van der Waals surface area contributed by atoms with Gasteiger partial charge in [0.1, 0.15) is 0 Å². The zero-order valence-corrected chi connectivity index (χ0v) is 11.2. The maximum atomic E-state index is 11.3. The molecule has 0 heterocycles. The minimum Gasteiger partial charge on any atom is -0.380 e. The smallest absolute Gasteiger partial charge is 0.237 e. The van der Waals surface area contributed by atoms with Crippen molar-refractivity contribution in [2.24, 2.45) is 17.4 Å². The second kappa shape index (κ2) is 5.55. The van der Waals surface area contributed by atoms with Gasteiger partial charge in [0.25, 0.3) is 0 Å². The van der Waals surface area contributed by atoms with Gasteiger partial charge in [0, 0.05) is 19.2 Å². The van der Waals surface area contributed by atoms with Crippen LogP contribution in [0.5, 0.6) is 0 Å². The summed E-state index contributed by atoms with van der Waals surface area (Å²) in [6.45, 7) is 2.56. The van der Waals surface area contributed by atoms with Crippen LogP contribution in [0.1, 0.15) is 32.1 Å². The highest BCUT2D eigenvalue weighted by Gasteiger charge is 2.41. The molecule has 5 nitrogen and oxygen atoms in total. The monoisotopic (exact) mass is 255 g/mol. The van der Waals surface area contributed by atoms with Crippen LogP contribution in [0, 0.1) is 5.92 Å². The van der Waals surface area contributed by atoms with Gasteiger partial charge in [-0.3, -0.25) is 4.79 Å². The highest BCUT2D eigenvalue weighted by molar-refractivity contribution is 5.84. The molecule has 2 fully saturated rings. The molecule has 0 bridgehead atoms. The number of carbonyl (C=O) groups is 1. The van der Waals surface area contributed by atoms with Gasteiger partial charge < -0.3 is 21.1 Å². The van der Waals surface area contributed by atoms with E-state index in [1.54, 1.807) is 0 Å². The quantitative estimate of drug-likeness (QED) is 0.631. The van der Waals surface area contributed by atoms with E-state index in [4.69, 9.17) is 16.2 Å². The molecule has 0 aromatic rings. The first kappa shape index (κ1) is 13.8. The maximum absolute atomic E-state index is 11.3. The topological polar surface area (TPSA) is 81.6 Å². The zero-order valence-electron chi connectivity index (χ0n) is 11.2. The molecule has 104 valence electrons. The van der Waals surface area contributed by atoms with Gasteiger partial charge in [-0.15, -0.1) is 0 Å². The lowest BCUT2D eigenvalue weighted by Crippen LogP contribution is -2.51. The lowest BCUT2D eigenvalue weighted by molar-refractivity contribution is -0.123. The molecule has 0 aliphatic heterocycles. The Morgan fingerprint density at radius 3 is 2.72 bits per heavy atom. The van der Waals surface area contributed by atoms with Crippen molar-refractivity contribution in [3.63, 3.8) is 0 Å². The van der Waals surface area contributed by atoms with Crippen molar-refractivity contribution in [3.05, 3.63) is 0 Å². The van der Waals surface area contributed by atoms with E-state index in [0.29, 0.717) is 18.9 Å². The molecule has 0 saturated heterocycles. The Labute approximate surface area is 109 Å². The number of amides is 1. The van der Waals surface area contributed by atoms with Gasteiger partial charge in [-0.1, -0.05) is 0 Å². The highest BCUT2D eigenvalue weighted by atomic mass is 16.5. The highest BCUT2D eigenvalue weighted by Crippen LogP contribution is 2.31.